The number of carbonyl (C=O) groups excluding carboxylic acids is 3. The maximum Gasteiger partial charge on any atom is 0.322 e. The first-order chi connectivity index (χ1) is 12.0. The summed E-state index contributed by atoms with van der Waals surface area (Å²) in [5.41, 5.74) is -0.491. The molecular weight excluding hydrogens is 326 g/mol. The standard InChI is InChI=1S/C15H17N7O3/c1-22-3-2-17-12(22)15(13(24)20-14(25)21-15)6-18-11(23)9-4-8(9)10-5-16-7-19-10/h2-3,5,7-9H,4,6H2,1H3,(H,16,19)(H,18,23)(H2,20,21,24,25)/t8-,9-,15?/m1/s1. The molecule has 10 nitrogen and oxygen atoms in total. The molecule has 0 radical (unpaired) electrons. The Morgan fingerprint density at radius 2 is 2.32 bits per heavy atom. The molecule has 25 heavy (non-hydrogen) atoms. The first-order valence-corrected chi connectivity index (χ1v) is 7.88. The first kappa shape index (κ1) is 15.4. The number of hydrogen-bond donors (Lipinski definition) is 4. The van der Waals surface area contributed by atoms with Crippen LogP contribution in [0.15, 0.2) is 24.9 Å². The number of amides is 4. The van der Waals surface area contributed by atoms with E-state index in [-0.39, 0.29) is 24.3 Å². The molecule has 0 spiro atoms. The third-order valence-corrected chi connectivity index (χ3v) is 4.72. The molecule has 130 valence electrons. The minimum absolute atomic E-state index is 0.0690. The average Bonchev–Trinajstić information content (AvgIpc) is 2.90. The summed E-state index contributed by atoms with van der Waals surface area (Å²) in [4.78, 5) is 47.6. The lowest BCUT2D eigenvalue weighted by Gasteiger charge is -2.25. The second-order valence-corrected chi connectivity index (χ2v) is 6.35. The van der Waals surface area contributed by atoms with Crippen LogP contribution in [0.1, 0.15) is 23.9 Å². The van der Waals surface area contributed by atoms with E-state index >= 15 is 0 Å². The van der Waals surface area contributed by atoms with Crippen molar-refractivity contribution in [3.8, 4) is 0 Å². The van der Waals surface area contributed by atoms with Crippen LogP contribution in [-0.2, 0) is 22.2 Å². The van der Waals surface area contributed by atoms with E-state index in [0.717, 1.165) is 12.1 Å². The predicted molar refractivity (Wildman–Crippen MR) is 84.0 cm³/mol. The van der Waals surface area contributed by atoms with Gasteiger partial charge < -0.3 is 20.2 Å². The van der Waals surface area contributed by atoms with Crippen molar-refractivity contribution < 1.29 is 14.4 Å². The first-order valence-electron chi connectivity index (χ1n) is 7.88. The molecule has 2 aliphatic rings. The van der Waals surface area contributed by atoms with E-state index < -0.39 is 17.5 Å². The van der Waals surface area contributed by atoms with Crippen molar-refractivity contribution in [2.24, 2.45) is 13.0 Å². The number of nitrogens with one attached hydrogen (secondary N) is 4. The number of imidazole rings is 2. The summed E-state index contributed by atoms with van der Waals surface area (Å²) < 4.78 is 1.64. The highest BCUT2D eigenvalue weighted by Gasteiger charge is 2.52. The van der Waals surface area contributed by atoms with E-state index in [1.165, 1.54) is 6.20 Å². The van der Waals surface area contributed by atoms with Crippen molar-refractivity contribution in [1.29, 1.82) is 0 Å². The number of aromatic nitrogens is 4. The Morgan fingerprint density at radius 1 is 1.48 bits per heavy atom. The van der Waals surface area contributed by atoms with Crippen LogP contribution in [0.4, 0.5) is 4.79 Å². The number of nitrogens with zero attached hydrogens (tertiary/aromatic N) is 3. The Hall–Kier alpha value is -3.17. The summed E-state index contributed by atoms with van der Waals surface area (Å²) in [7, 11) is 1.72. The topological polar surface area (TPSA) is 134 Å². The highest BCUT2D eigenvalue weighted by atomic mass is 16.2. The monoisotopic (exact) mass is 343 g/mol. The molecule has 2 fully saturated rings. The van der Waals surface area contributed by atoms with Gasteiger partial charge >= 0.3 is 6.03 Å². The Morgan fingerprint density at radius 3 is 2.92 bits per heavy atom. The summed E-state index contributed by atoms with van der Waals surface area (Å²) >= 11 is 0. The zero-order valence-electron chi connectivity index (χ0n) is 13.4. The van der Waals surface area contributed by atoms with Crippen molar-refractivity contribution in [1.82, 2.24) is 35.5 Å². The molecule has 4 N–H and O–H groups in total. The van der Waals surface area contributed by atoms with Crippen LogP contribution in [0.5, 0.6) is 0 Å². The van der Waals surface area contributed by atoms with Crippen LogP contribution in [0.25, 0.3) is 0 Å². The number of imide groups is 1. The Kier molecular flexibility index (Phi) is 3.34. The van der Waals surface area contributed by atoms with Crippen molar-refractivity contribution in [2.75, 3.05) is 6.54 Å². The van der Waals surface area contributed by atoms with Crippen LogP contribution in [0, 0.1) is 5.92 Å². The van der Waals surface area contributed by atoms with Gasteiger partial charge in [0.2, 0.25) is 5.91 Å². The molecular formula is C15H17N7O3. The molecule has 2 aromatic heterocycles. The number of aryl methyl sites for hydroxylation is 1. The minimum Gasteiger partial charge on any atom is -0.352 e. The Bertz CT molecular complexity index is 843. The van der Waals surface area contributed by atoms with Crippen molar-refractivity contribution in [3.63, 3.8) is 0 Å². The van der Waals surface area contributed by atoms with Crippen LogP contribution < -0.4 is 16.0 Å². The zero-order valence-corrected chi connectivity index (χ0v) is 13.4. The van der Waals surface area contributed by atoms with Gasteiger partial charge in [-0.3, -0.25) is 14.9 Å². The summed E-state index contributed by atoms with van der Waals surface area (Å²) in [6.07, 6.45) is 7.22. The molecule has 3 atom stereocenters. The molecule has 1 aliphatic carbocycles. The van der Waals surface area contributed by atoms with Gasteiger partial charge in [-0.2, -0.15) is 0 Å². The fourth-order valence-corrected chi connectivity index (χ4v) is 3.28. The Labute approximate surface area is 142 Å². The van der Waals surface area contributed by atoms with Gasteiger partial charge in [0, 0.05) is 43.2 Å². The fraction of sp³-hybridized carbons (Fsp3) is 0.400. The molecule has 1 saturated heterocycles. The highest BCUT2D eigenvalue weighted by molar-refractivity contribution is 6.07. The lowest BCUT2D eigenvalue weighted by molar-refractivity contribution is -0.126. The van der Waals surface area contributed by atoms with E-state index in [4.69, 9.17) is 0 Å². The van der Waals surface area contributed by atoms with Crippen LogP contribution in [0.2, 0.25) is 0 Å². The van der Waals surface area contributed by atoms with Gasteiger partial charge in [-0.25, -0.2) is 14.8 Å². The molecule has 2 aromatic rings. The average molecular weight is 343 g/mol. The zero-order chi connectivity index (χ0) is 17.6. The second-order valence-electron chi connectivity index (χ2n) is 6.35. The lowest BCUT2D eigenvalue weighted by Crippen LogP contribution is -2.54. The summed E-state index contributed by atoms with van der Waals surface area (Å²) in [6, 6.07) is -0.607. The number of aromatic amines is 1. The number of urea groups is 1. The third kappa shape index (κ3) is 2.46. The van der Waals surface area contributed by atoms with Gasteiger partial charge in [0.1, 0.15) is 5.82 Å². The molecule has 1 aliphatic heterocycles. The van der Waals surface area contributed by atoms with Crippen LogP contribution >= 0.6 is 0 Å². The van der Waals surface area contributed by atoms with E-state index in [2.05, 4.69) is 30.9 Å². The van der Waals surface area contributed by atoms with Gasteiger partial charge in [-0.1, -0.05) is 0 Å². The normalized spacial score (nSPS) is 27.7. The lowest BCUT2D eigenvalue weighted by atomic mass is 9.98. The number of rotatable bonds is 5. The van der Waals surface area contributed by atoms with Crippen molar-refractivity contribution >= 4 is 17.8 Å². The highest BCUT2D eigenvalue weighted by Crippen LogP contribution is 2.46. The number of hydrogen-bond acceptors (Lipinski definition) is 5. The van der Waals surface area contributed by atoms with Crippen LogP contribution in [0.3, 0.4) is 0 Å². The van der Waals surface area contributed by atoms with Gasteiger partial charge in [-0.05, 0) is 6.42 Å². The molecule has 10 heteroatoms. The SMILES string of the molecule is Cn1ccnc1C1(CNC(=O)[C@@H]2C[C@H]2c2cnc[nH]2)NC(=O)NC1=O. The van der Waals surface area contributed by atoms with Gasteiger partial charge in [0.05, 0.1) is 12.9 Å². The predicted octanol–water partition coefficient (Wildman–Crippen LogP) is -0.902. The van der Waals surface area contributed by atoms with E-state index in [9.17, 15) is 14.4 Å². The molecule has 0 bridgehead atoms. The van der Waals surface area contributed by atoms with Crippen molar-refractivity contribution in [3.05, 3.63) is 36.4 Å². The van der Waals surface area contributed by atoms with E-state index in [1.807, 2.05) is 0 Å². The maximum atomic E-state index is 12.4. The second kappa shape index (κ2) is 5.43. The third-order valence-electron chi connectivity index (χ3n) is 4.72. The number of H-pyrrole nitrogens is 1. The van der Waals surface area contributed by atoms with Gasteiger partial charge in [0.15, 0.2) is 5.54 Å². The van der Waals surface area contributed by atoms with Gasteiger partial charge in [0.25, 0.3) is 5.91 Å². The molecule has 0 aromatic carbocycles. The van der Waals surface area contributed by atoms with Crippen LogP contribution in [-0.4, -0.2) is 43.9 Å². The maximum absolute atomic E-state index is 12.4. The number of carbonyl (C=O) groups is 3. The molecule has 1 saturated carbocycles. The summed E-state index contributed by atoms with van der Waals surface area (Å²) in [6.45, 7) is -0.0690. The Balaban J connectivity index is 1.49. The molecule has 3 heterocycles. The van der Waals surface area contributed by atoms with Gasteiger partial charge in [-0.15, -0.1) is 0 Å². The molecule has 1 unspecified atom stereocenters. The van der Waals surface area contributed by atoms with E-state index in [1.54, 1.807) is 30.3 Å². The largest absolute Gasteiger partial charge is 0.352 e. The van der Waals surface area contributed by atoms with E-state index in [0.29, 0.717) is 5.82 Å². The molecule has 4 amide bonds. The summed E-state index contributed by atoms with van der Waals surface area (Å²) in [5, 5.41) is 7.60. The molecule has 4 rings (SSSR count). The summed E-state index contributed by atoms with van der Waals surface area (Å²) in [5.74, 6) is -0.398. The fourth-order valence-electron chi connectivity index (χ4n) is 3.28. The van der Waals surface area contributed by atoms with Crippen molar-refractivity contribution in [2.45, 2.75) is 17.9 Å². The minimum atomic E-state index is -1.41. The quantitative estimate of drug-likeness (QED) is 0.522. The smallest absolute Gasteiger partial charge is 0.322 e.